The zero-order valence-corrected chi connectivity index (χ0v) is 19.0. The molecule has 7 nitrogen and oxygen atoms in total. The van der Waals surface area contributed by atoms with Crippen molar-refractivity contribution >= 4 is 17.3 Å². The second-order valence-corrected chi connectivity index (χ2v) is 8.46. The van der Waals surface area contributed by atoms with Crippen LogP contribution in [0, 0.1) is 5.82 Å². The number of β-amino-alcohol motifs (C(OH)–C–C–N with tert-alkyl or cyclic N) is 1. The molecule has 0 aromatic heterocycles. The van der Waals surface area contributed by atoms with Crippen molar-refractivity contribution in [3.8, 4) is 5.75 Å². The van der Waals surface area contributed by atoms with Crippen LogP contribution in [0.4, 0.5) is 15.8 Å². The number of nitrogens with one attached hydrogen (secondary N) is 1. The van der Waals surface area contributed by atoms with Crippen molar-refractivity contribution in [2.45, 2.75) is 19.1 Å². The van der Waals surface area contributed by atoms with E-state index in [1.165, 1.54) is 6.07 Å². The Morgan fingerprint density at radius 2 is 1.94 bits per heavy atom. The average molecular weight is 445 g/mol. The second kappa shape index (κ2) is 11.3. The summed E-state index contributed by atoms with van der Waals surface area (Å²) < 4.78 is 19.0. The first-order valence-electron chi connectivity index (χ1n) is 10.9. The van der Waals surface area contributed by atoms with Gasteiger partial charge in [0.05, 0.1) is 6.54 Å². The first-order chi connectivity index (χ1) is 15.3. The van der Waals surface area contributed by atoms with Crippen LogP contribution in [-0.2, 0) is 4.79 Å². The topological polar surface area (TPSA) is 68.3 Å². The van der Waals surface area contributed by atoms with Crippen LogP contribution in [0.3, 0.4) is 0 Å². The number of rotatable bonds is 9. The van der Waals surface area contributed by atoms with Crippen molar-refractivity contribution in [3.05, 3.63) is 54.3 Å². The minimum Gasteiger partial charge on any atom is -0.488 e. The number of hydrogen-bond acceptors (Lipinski definition) is 6. The van der Waals surface area contributed by atoms with Gasteiger partial charge < -0.3 is 20.1 Å². The van der Waals surface area contributed by atoms with E-state index in [4.69, 9.17) is 4.74 Å². The van der Waals surface area contributed by atoms with Crippen LogP contribution in [-0.4, -0.2) is 86.4 Å². The van der Waals surface area contributed by atoms with E-state index in [0.717, 1.165) is 31.0 Å². The molecule has 1 fully saturated rings. The first-order valence-corrected chi connectivity index (χ1v) is 10.9. The molecule has 0 unspecified atom stereocenters. The summed E-state index contributed by atoms with van der Waals surface area (Å²) in [7, 11) is 3.95. The van der Waals surface area contributed by atoms with Crippen LogP contribution in [0.15, 0.2) is 48.5 Å². The van der Waals surface area contributed by atoms with Gasteiger partial charge in [0, 0.05) is 57.7 Å². The molecule has 0 radical (unpaired) electrons. The molecule has 1 amide bonds. The van der Waals surface area contributed by atoms with E-state index in [1.54, 1.807) is 18.2 Å². The zero-order chi connectivity index (χ0) is 23.1. The van der Waals surface area contributed by atoms with Gasteiger partial charge in [-0.2, -0.15) is 0 Å². The number of aliphatic hydroxyl groups is 1. The molecular formula is C24H33FN4O3. The highest BCUT2D eigenvalue weighted by Gasteiger charge is 2.26. The third-order valence-electron chi connectivity index (χ3n) is 5.60. The zero-order valence-electron chi connectivity index (χ0n) is 19.0. The van der Waals surface area contributed by atoms with Crippen LogP contribution < -0.4 is 15.0 Å². The number of para-hydroxylation sites is 1. The van der Waals surface area contributed by atoms with Crippen molar-refractivity contribution in [2.24, 2.45) is 0 Å². The molecule has 8 heteroatoms. The number of carbonyl (C=O) groups is 1. The highest BCUT2D eigenvalue weighted by Crippen LogP contribution is 2.17. The molecule has 0 spiro atoms. The number of hydrogen-bond donors (Lipinski definition) is 2. The van der Waals surface area contributed by atoms with E-state index in [9.17, 15) is 14.3 Å². The molecule has 1 aliphatic heterocycles. The largest absolute Gasteiger partial charge is 0.488 e. The highest BCUT2D eigenvalue weighted by atomic mass is 19.1. The van der Waals surface area contributed by atoms with Crippen molar-refractivity contribution in [1.29, 1.82) is 0 Å². The van der Waals surface area contributed by atoms with Gasteiger partial charge >= 0.3 is 0 Å². The van der Waals surface area contributed by atoms with E-state index in [0.29, 0.717) is 13.1 Å². The number of halogens is 1. The van der Waals surface area contributed by atoms with Crippen LogP contribution in [0.1, 0.15) is 6.92 Å². The molecule has 0 saturated carbocycles. The van der Waals surface area contributed by atoms with Gasteiger partial charge in [-0.1, -0.05) is 12.1 Å². The van der Waals surface area contributed by atoms with Crippen LogP contribution in [0.25, 0.3) is 0 Å². The number of carbonyl (C=O) groups excluding carboxylic acids is 1. The van der Waals surface area contributed by atoms with Crippen LogP contribution >= 0.6 is 0 Å². The SMILES string of the molecule is C[C@H]1CN(CC(=O)Nc2ccc(N(C)C)cc2)CCN1C[C@@H](O)COc1ccccc1F. The fourth-order valence-corrected chi connectivity index (χ4v) is 3.80. The van der Waals surface area contributed by atoms with Crippen molar-refractivity contribution < 1.29 is 19.0 Å². The molecule has 0 aliphatic carbocycles. The first kappa shape index (κ1) is 24.0. The predicted molar refractivity (Wildman–Crippen MR) is 125 cm³/mol. The number of nitrogens with zero attached hydrogens (tertiary/aromatic N) is 3. The van der Waals surface area contributed by atoms with E-state index in [2.05, 4.69) is 22.0 Å². The van der Waals surface area contributed by atoms with E-state index in [1.807, 2.05) is 43.3 Å². The smallest absolute Gasteiger partial charge is 0.238 e. The van der Waals surface area contributed by atoms with Gasteiger partial charge in [-0.15, -0.1) is 0 Å². The van der Waals surface area contributed by atoms with Gasteiger partial charge in [0.15, 0.2) is 11.6 Å². The average Bonchev–Trinajstić information content (AvgIpc) is 2.75. The number of anilines is 2. The lowest BCUT2D eigenvalue weighted by atomic mass is 10.1. The second-order valence-electron chi connectivity index (χ2n) is 8.46. The van der Waals surface area contributed by atoms with E-state index in [-0.39, 0.29) is 24.3 Å². The summed E-state index contributed by atoms with van der Waals surface area (Å²) >= 11 is 0. The molecule has 3 rings (SSSR count). The molecule has 2 N–H and O–H groups in total. The Hall–Kier alpha value is -2.68. The number of benzene rings is 2. The molecule has 1 aliphatic rings. The fraction of sp³-hybridized carbons (Fsp3) is 0.458. The Bertz CT molecular complexity index is 878. The number of amides is 1. The van der Waals surface area contributed by atoms with Crippen molar-refractivity contribution in [3.63, 3.8) is 0 Å². The molecule has 2 atom stereocenters. The normalized spacial score (nSPS) is 18.2. The van der Waals surface area contributed by atoms with Gasteiger partial charge in [-0.3, -0.25) is 14.6 Å². The lowest BCUT2D eigenvalue weighted by Crippen LogP contribution is -2.55. The third-order valence-corrected chi connectivity index (χ3v) is 5.60. The lowest BCUT2D eigenvalue weighted by molar-refractivity contribution is -0.118. The molecule has 32 heavy (non-hydrogen) atoms. The Kier molecular flexibility index (Phi) is 8.44. The predicted octanol–water partition coefficient (Wildman–Crippen LogP) is 2.28. The van der Waals surface area contributed by atoms with Gasteiger partial charge in [0.2, 0.25) is 5.91 Å². The standard InChI is InChI=1S/C24H33FN4O3/c1-18-14-28(16-24(31)26-19-8-10-20(11-9-19)27(2)3)12-13-29(18)15-21(30)17-32-23-7-5-4-6-22(23)25/h4-11,18,21,30H,12-17H2,1-3H3,(H,26,31)/t18-,21+/m0/s1. The Morgan fingerprint density at radius 3 is 2.59 bits per heavy atom. The molecule has 2 aromatic rings. The number of ether oxygens (including phenoxy) is 1. The molecule has 174 valence electrons. The van der Waals surface area contributed by atoms with Gasteiger partial charge in [-0.25, -0.2) is 4.39 Å². The third kappa shape index (κ3) is 6.91. The molecule has 2 aromatic carbocycles. The van der Waals surface area contributed by atoms with E-state index >= 15 is 0 Å². The van der Waals surface area contributed by atoms with Crippen molar-refractivity contribution in [1.82, 2.24) is 9.80 Å². The maximum atomic E-state index is 13.6. The number of piperazine rings is 1. The Labute approximate surface area is 189 Å². The molecular weight excluding hydrogens is 411 g/mol. The summed E-state index contributed by atoms with van der Waals surface area (Å²) in [6.45, 7) is 5.08. The van der Waals surface area contributed by atoms with Gasteiger partial charge in [0.25, 0.3) is 0 Å². The van der Waals surface area contributed by atoms with Crippen molar-refractivity contribution in [2.75, 3.05) is 63.6 Å². The van der Waals surface area contributed by atoms with Gasteiger partial charge in [-0.05, 0) is 43.3 Å². The summed E-state index contributed by atoms with van der Waals surface area (Å²) in [5, 5.41) is 13.3. The maximum Gasteiger partial charge on any atom is 0.238 e. The minimum absolute atomic E-state index is 0.0306. The molecule has 1 saturated heterocycles. The monoisotopic (exact) mass is 444 g/mol. The number of aliphatic hydroxyl groups excluding tert-OH is 1. The van der Waals surface area contributed by atoms with Crippen LogP contribution in [0.5, 0.6) is 5.75 Å². The minimum atomic E-state index is -0.725. The quantitative estimate of drug-likeness (QED) is 0.619. The summed E-state index contributed by atoms with van der Waals surface area (Å²) in [5.41, 5.74) is 1.86. The summed E-state index contributed by atoms with van der Waals surface area (Å²) in [5.74, 6) is -0.332. The Balaban J connectivity index is 1.40. The summed E-state index contributed by atoms with van der Waals surface area (Å²) in [6, 6.07) is 14.1. The molecule has 1 heterocycles. The highest BCUT2D eigenvalue weighted by molar-refractivity contribution is 5.92. The Morgan fingerprint density at radius 1 is 1.22 bits per heavy atom. The summed E-state index contributed by atoms with van der Waals surface area (Å²) in [6.07, 6.45) is -0.725. The lowest BCUT2D eigenvalue weighted by Gasteiger charge is -2.40. The van der Waals surface area contributed by atoms with Gasteiger partial charge in [0.1, 0.15) is 12.7 Å². The maximum absolute atomic E-state index is 13.6. The van der Waals surface area contributed by atoms with Crippen LogP contribution in [0.2, 0.25) is 0 Å². The summed E-state index contributed by atoms with van der Waals surface area (Å²) in [4.78, 5) is 18.7. The van der Waals surface area contributed by atoms with E-state index < -0.39 is 11.9 Å². The molecule has 0 bridgehead atoms. The fourth-order valence-electron chi connectivity index (χ4n) is 3.80.